The zero-order valence-electron chi connectivity index (χ0n) is 29.1. The summed E-state index contributed by atoms with van der Waals surface area (Å²) >= 11 is 0. The Morgan fingerprint density at radius 2 is 1.61 bits per heavy atom. The molecule has 2 amide bonds. The van der Waals surface area contributed by atoms with Crippen molar-refractivity contribution in [3.05, 3.63) is 96.2 Å². The van der Waals surface area contributed by atoms with Crippen LogP contribution >= 0.6 is 0 Å². The van der Waals surface area contributed by atoms with Gasteiger partial charge in [-0.2, -0.15) is 4.98 Å². The molecular weight excluding hydrogens is 639 g/mol. The van der Waals surface area contributed by atoms with Gasteiger partial charge in [-0.25, -0.2) is 9.97 Å². The van der Waals surface area contributed by atoms with Crippen molar-refractivity contribution in [3.63, 3.8) is 0 Å². The molecule has 0 spiro atoms. The Morgan fingerprint density at radius 1 is 0.843 bits per heavy atom. The second-order valence-electron chi connectivity index (χ2n) is 14.2. The van der Waals surface area contributed by atoms with E-state index < -0.39 is 0 Å². The van der Waals surface area contributed by atoms with Gasteiger partial charge >= 0.3 is 0 Å². The highest BCUT2D eigenvalue weighted by Crippen LogP contribution is 2.36. The van der Waals surface area contributed by atoms with Gasteiger partial charge in [-0.05, 0) is 86.7 Å². The molecule has 2 saturated heterocycles. The summed E-state index contributed by atoms with van der Waals surface area (Å²) in [6.07, 6.45) is 9.61. The van der Waals surface area contributed by atoms with Crippen molar-refractivity contribution >= 4 is 51.9 Å². The van der Waals surface area contributed by atoms with E-state index in [-0.39, 0.29) is 17.7 Å². The van der Waals surface area contributed by atoms with Gasteiger partial charge in [-0.1, -0.05) is 55.3 Å². The first kappa shape index (κ1) is 32.9. The molecule has 1 unspecified atom stereocenters. The summed E-state index contributed by atoms with van der Waals surface area (Å²) in [5.41, 5.74) is 6.99. The van der Waals surface area contributed by atoms with Crippen molar-refractivity contribution < 1.29 is 9.59 Å². The van der Waals surface area contributed by atoms with Crippen molar-refractivity contribution in [3.8, 4) is 0 Å². The van der Waals surface area contributed by atoms with Crippen LogP contribution in [-0.2, 0) is 16.1 Å². The molecule has 2 aliphatic heterocycles. The topological polar surface area (TPSA) is 120 Å². The minimum Gasteiger partial charge on any atom is -0.371 e. The van der Waals surface area contributed by atoms with Gasteiger partial charge in [-0.15, -0.1) is 0 Å². The molecule has 2 aromatic heterocycles. The molecule has 8 rings (SSSR count). The number of aromatic nitrogens is 4. The average Bonchev–Trinajstić information content (AvgIpc) is 3.80. The zero-order valence-corrected chi connectivity index (χ0v) is 29.1. The van der Waals surface area contributed by atoms with Crippen LogP contribution in [0.5, 0.6) is 0 Å². The van der Waals surface area contributed by atoms with E-state index in [1.165, 1.54) is 24.1 Å². The molecule has 4 heterocycles. The molecule has 3 N–H and O–H groups in total. The van der Waals surface area contributed by atoms with Gasteiger partial charge in [0.2, 0.25) is 23.7 Å². The second kappa shape index (κ2) is 14.5. The summed E-state index contributed by atoms with van der Waals surface area (Å²) in [6, 6.07) is 27.9. The number of hydrogen-bond acceptors (Lipinski definition) is 9. The standard InChI is InChI=1S/C40H45N9O2/c1-47(26-27-8-7-9-28(24-27)34-18-19-36(50)45-38(34)51)31-20-22-48(23-21-31)32-16-14-30(15-17-32)42-39-41-25-35-37(46-39)49(33-12-5-6-13-33)40(44-35)43-29-10-3-2-4-11-29/h2-4,7-11,14-17,24-25,31,33-34H,5-6,12-13,18-23,26H2,1H3,(H,43,44)(H,41,42,46)(H,45,50,51). The van der Waals surface area contributed by atoms with Gasteiger partial charge in [0.25, 0.3) is 0 Å². The molecule has 1 atom stereocenters. The molecular formula is C40H45N9O2. The van der Waals surface area contributed by atoms with E-state index in [0.717, 1.165) is 79.4 Å². The highest BCUT2D eigenvalue weighted by molar-refractivity contribution is 6.00. The lowest BCUT2D eigenvalue weighted by atomic mass is 9.89. The third kappa shape index (κ3) is 7.30. The van der Waals surface area contributed by atoms with E-state index in [2.05, 4.69) is 90.9 Å². The predicted molar refractivity (Wildman–Crippen MR) is 201 cm³/mol. The number of nitrogens with one attached hydrogen (secondary N) is 3. The molecule has 11 nitrogen and oxygen atoms in total. The quantitative estimate of drug-likeness (QED) is 0.133. The molecule has 3 aromatic carbocycles. The van der Waals surface area contributed by atoms with Crippen LogP contribution in [0.15, 0.2) is 85.1 Å². The molecule has 51 heavy (non-hydrogen) atoms. The normalized spacial score (nSPS) is 18.8. The summed E-state index contributed by atoms with van der Waals surface area (Å²) in [7, 11) is 2.19. The fourth-order valence-corrected chi connectivity index (χ4v) is 7.98. The van der Waals surface area contributed by atoms with Gasteiger partial charge in [0.05, 0.1) is 12.1 Å². The highest BCUT2D eigenvalue weighted by Gasteiger charge is 2.29. The van der Waals surface area contributed by atoms with Crippen molar-refractivity contribution in [2.75, 3.05) is 35.7 Å². The molecule has 5 aromatic rings. The van der Waals surface area contributed by atoms with E-state index in [0.29, 0.717) is 30.9 Å². The summed E-state index contributed by atoms with van der Waals surface area (Å²) in [6.45, 7) is 2.80. The number of amides is 2. The fraction of sp³-hybridized carbons (Fsp3) is 0.375. The van der Waals surface area contributed by atoms with Gasteiger partial charge in [0.1, 0.15) is 5.52 Å². The zero-order chi connectivity index (χ0) is 34.7. The number of rotatable bonds is 10. The van der Waals surface area contributed by atoms with Crippen LogP contribution in [0.1, 0.15) is 74.5 Å². The van der Waals surface area contributed by atoms with Gasteiger partial charge in [-0.3, -0.25) is 24.4 Å². The number of fused-ring (bicyclic) bond motifs is 1. The summed E-state index contributed by atoms with van der Waals surface area (Å²) < 4.78 is 2.27. The van der Waals surface area contributed by atoms with Crippen LogP contribution in [0, 0.1) is 0 Å². The molecule has 1 saturated carbocycles. The van der Waals surface area contributed by atoms with E-state index in [1.54, 1.807) is 0 Å². The molecule has 3 fully saturated rings. The molecule has 3 aliphatic rings. The van der Waals surface area contributed by atoms with E-state index in [4.69, 9.17) is 9.97 Å². The number of benzene rings is 3. The monoisotopic (exact) mass is 683 g/mol. The maximum atomic E-state index is 12.4. The molecule has 1 aliphatic carbocycles. The predicted octanol–water partition coefficient (Wildman–Crippen LogP) is 7.05. The number of piperidine rings is 2. The molecule has 262 valence electrons. The van der Waals surface area contributed by atoms with E-state index in [9.17, 15) is 9.59 Å². The SMILES string of the molecule is CN(Cc1cccc(C2CCC(=O)NC2=O)c1)C1CCN(c2ccc(Nc3ncc4nc(Nc5ccccc5)n(C5CCCC5)c4n3)cc2)CC1. The lowest BCUT2D eigenvalue weighted by molar-refractivity contribution is -0.134. The maximum absolute atomic E-state index is 12.4. The van der Waals surface area contributed by atoms with Crippen LogP contribution < -0.4 is 20.9 Å². The number of imide groups is 1. The summed E-state index contributed by atoms with van der Waals surface area (Å²) in [5, 5.41) is 9.43. The Morgan fingerprint density at radius 3 is 2.37 bits per heavy atom. The summed E-state index contributed by atoms with van der Waals surface area (Å²) in [4.78, 5) is 43.4. The highest BCUT2D eigenvalue weighted by atomic mass is 16.2. The number of anilines is 5. The van der Waals surface area contributed by atoms with Crippen molar-refractivity contribution in [1.82, 2.24) is 29.7 Å². The molecule has 11 heteroatoms. The second-order valence-corrected chi connectivity index (χ2v) is 14.2. The lowest BCUT2D eigenvalue weighted by Gasteiger charge is -2.38. The van der Waals surface area contributed by atoms with E-state index in [1.807, 2.05) is 36.5 Å². The first-order valence-electron chi connectivity index (χ1n) is 18.3. The summed E-state index contributed by atoms with van der Waals surface area (Å²) in [5.74, 6) is 0.761. The maximum Gasteiger partial charge on any atom is 0.234 e. The molecule has 0 bridgehead atoms. The smallest absolute Gasteiger partial charge is 0.234 e. The fourth-order valence-electron chi connectivity index (χ4n) is 7.98. The number of para-hydroxylation sites is 1. The Labute approximate surface area is 298 Å². The van der Waals surface area contributed by atoms with Gasteiger partial charge < -0.3 is 15.5 Å². The number of hydrogen-bond donors (Lipinski definition) is 3. The van der Waals surface area contributed by atoms with Crippen molar-refractivity contribution in [1.29, 1.82) is 0 Å². The van der Waals surface area contributed by atoms with E-state index >= 15 is 0 Å². The minimum atomic E-state index is -0.254. The average molecular weight is 684 g/mol. The minimum absolute atomic E-state index is 0.177. The third-order valence-electron chi connectivity index (χ3n) is 10.8. The number of carbonyl (C=O) groups excluding carboxylic acids is 2. The van der Waals surface area contributed by atoms with Gasteiger partial charge in [0, 0.05) is 55.2 Å². The van der Waals surface area contributed by atoms with Crippen LogP contribution in [0.2, 0.25) is 0 Å². The first-order valence-corrected chi connectivity index (χ1v) is 18.3. The Kier molecular flexibility index (Phi) is 9.36. The van der Waals surface area contributed by atoms with Crippen LogP contribution in [0.25, 0.3) is 11.2 Å². The van der Waals surface area contributed by atoms with Crippen LogP contribution in [0.3, 0.4) is 0 Å². The molecule has 0 radical (unpaired) electrons. The number of imidazole rings is 1. The van der Waals surface area contributed by atoms with Crippen LogP contribution in [0.4, 0.5) is 29.0 Å². The Bertz CT molecular complexity index is 2000. The van der Waals surface area contributed by atoms with Crippen molar-refractivity contribution in [2.24, 2.45) is 0 Å². The number of carbonyl (C=O) groups is 2. The first-order chi connectivity index (χ1) is 25.0. The van der Waals surface area contributed by atoms with Crippen molar-refractivity contribution in [2.45, 2.75) is 75.9 Å². The Balaban J connectivity index is 0.885. The lowest BCUT2D eigenvalue weighted by Crippen LogP contribution is -2.43. The van der Waals surface area contributed by atoms with Crippen LogP contribution in [-0.4, -0.2) is 62.4 Å². The third-order valence-corrected chi connectivity index (χ3v) is 10.8. The number of nitrogens with zero attached hydrogens (tertiary/aromatic N) is 6. The largest absolute Gasteiger partial charge is 0.371 e. The van der Waals surface area contributed by atoms with Gasteiger partial charge in [0.15, 0.2) is 5.65 Å². The Hall–Kier alpha value is -5.29.